The summed E-state index contributed by atoms with van der Waals surface area (Å²) in [4.78, 5) is 36.4. The van der Waals surface area contributed by atoms with Crippen molar-refractivity contribution in [3.8, 4) is 0 Å². The Morgan fingerprint density at radius 2 is 1.80 bits per heavy atom. The highest BCUT2D eigenvalue weighted by Gasteiger charge is 2.39. The lowest BCUT2D eigenvalue weighted by molar-refractivity contribution is -0.139. The maximum absolute atomic E-state index is 12.3. The lowest BCUT2D eigenvalue weighted by Crippen LogP contribution is -2.46. The number of halogens is 2. The van der Waals surface area contributed by atoms with Crippen molar-refractivity contribution in [2.45, 2.75) is 6.04 Å². The molecule has 1 saturated heterocycles. The van der Waals surface area contributed by atoms with Crippen molar-refractivity contribution in [3.05, 3.63) is 33.8 Å². The molecule has 0 aliphatic carbocycles. The van der Waals surface area contributed by atoms with E-state index in [2.05, 4.69) is 5.32 Å². The molecule has 136 valence electrons. The highest BCUT2D eigenvalue weighted by Crippen LogP contribution is 2.30. The molecule has 9 nitrogen and oxygen atoms in total. The van der Waals surface area contributed by atoms with Gasteiger partial charge in [-0.25, -0.2) is 32.0 Å². The Kier molecular flexibility index (Phi) is 5.45. The standard InChI is InChI=1S/C13H13Cl2N3O6S/c1-25(23,24)18-6-5-17(13(18)22)12(21)16-10(11(19)20)9-7(14)3-2-4-8(9)15/h2-4,10H,5-6H2,1H3,(H,16,21)(H,19,20). The summed E-state index contributed by atoms with van der Waals surface area (Å²) in [7, 11) is -3.82. The Hall–Kier alpha value is -2.04. The average Bonchev–Trinajstić information content (AvgIpc) is 2.87. The van der Waals surface area contributed by atoms with Crippen LogP contribution in [0.1, 0.15) is 11.6 Å². The number of nitrogens with zero attached hydrogens (tertiary/aromatic N) is 2. The van der Waals surface area contributed by atoms with Gasteiger partial charge in [-0.2, -0.15) is 0 Å². The van der Waals surface area contributed by atoms with Gasteiger partial charge < -0.3 is 10.4 Å². The van der Waals surface area contributed by atoms with Gasteiger partial charge in [-0.05, 0) is 12.1 Å². The second-order valence-corrected chi connectivity index (χ2v) is 7.85. The summed E-state index contributed by atoms with van der Waals surface area (Å²) in [6, 6.07) is 0.555. The second-order valence-electron chi connectivity index (χ2n) is 5.13. The van der Waals surface area contributed by atoms with Gasteiger partial charge in [0.15, 0.2) is 6.04 Å². The van der Waals surface area contributed by atoms with Crippen LogP contribution in [0.4, 0.5) is 9.59 Å². The third kappa shape index (κ3) is 3.97. The first kappa shape index (κ1) is 19.3. The number of imide groups is 1. The van der Waals surface area contributed by atoms with Gasteiger partial charge in [0, 0.05) is 15.6 Å². The van der Waals surface area contributed by atoms with Gasteiger partial charge in [0.25, 0.3) is 0 Å². The van der Waals surface area contributed by atoms with E-state index in [9.17, 15) is 27.9 Å². The zero-order chi connectivity index (χ0) is 18.9. The van der Waals surface area contributed by atoms with Gasteiger partial charge in [0.2, 0.25) is 10.0 Å². The fourth-order valence-corrected chi connectivity index (χ4v) is 3.67. The van der Waals surface area contributed by atoms with Crippen LogP contribution in [-0.4, -0.2) is 60.1 Å². The lowest BCUT2D eigenvalue weighted by atomic mass is 10.1. The Bertz CT molecular complexity index is 824. The Balaban J connectivity index is 2.26. The molecule has 0 spiro atoms. The molecule has 1 aromatic carbocycles. The second kappa shape index (κ2) is 7.06. The molecule has 1 aromatic rings. The van der Waals surface area contributed by atoms with Crippen molar-refractivity contribution in [1.29, 1.82) is 0 Å². The number of carboxylic acids is 1. The van der Waals surface area contributed by atoms with Gasteiger partial charge in [-0.1, -0.05) is 29.3 Å². The normalized spacial score (nSPS) is 16.0. The van der Waals surface area contributed by atoms with Crippen LogP contribution in [0.5, 0.6) is 0 Å². The summed E-state index contributed by atoms with van der Waals surface area (Å²) >= 11 is 11.9. The van der Waals surface area contributed by atoms with Crippen LogP contribution in [0.25, 0.3) is 0 Å². The number of hydrogen-bond acceptors (Lipinski definition) is 5. The molecule has 1 atom stereocenters. The minimum atomic E-state index is -3.82. The molecule has 0 radical (unpaired) electrons. The number of carbonyl (C=O) groups excluding carboxylic acids is 2. The summed E-state index contributed by atoms with van der Waals surface area (Å²) in [6.07, 6.45) is 0.829. The first-order valence-electron chi connectivity index (χ1n) is 6.80. The van der Waals surface area contributed by atoms with E-state index in [0.717, 1.165) is 6.26 Å². The SMILES string of the molecule is CS(=O)(=O)N1CCN(C(=O)NC(C(=O)O)c2c(Cl)cccc2Cl)C1=O. The van der Waals surface area contributed by atoms with Gasteiger partial charge in [-0.15, -0.1) is 0 Å². The fraction of sp³-hybridized carbons (Fsp3) is 0.308. The van der Waals surface area contributed by atoms with E-state index >= 15 is 0 Å². The molecular formula is C13H13Cl2N3O6S. The quantitative estimate of drug-likeness (QED) is 0.776. The van der Waals surface area contributed by atoms with Crippen molar-refractivity contribution >= 4 is 51.3 Å². The monoisotopic (exact) mass is 409 g/mol. The summed E-state index contributed by atoms with van der Waals surface area (Å²) < 4.78 is 23.5. The van der Waals surface area contributed by atoms with Crippen LogP contribution in [0, 0.1) is 0 Å². The van der Waals surface area contributed by atoms with Crippen LogP contribution in [0.15, 0.2) is 18.2 Å². The van der Waals surface area contributed by atoms with E-state index in [1.807, 2.05) is 0 Å². The van der Waals surface area contributed by atoms with Gasteiger partial charge >= 0.3 is 18.0 Å². The molecule has 2 rings (SSSR count). The number of amides is 4. The third-order valence-electron chi connectivity index (χ3n) is 3.42. The summed E-state index contributed by atoms with van der Waals surface area (Å²) in [5, 5.41) is 11.5. The summed E-state index contributed by atoms with van der Waals surface area (Å²) in [6.45, 7) is -0.421. The molecule has 1 heterocycles. The number of aliphatic carboxylic acids is 1. The lowest BCUT2D eigenvalue weighted by Gasteiger charge is -2.21. The van der Waals surface area contributed by atoms with Crippen molar-refractivity contribution in [2.24, 2.45) is 0 Å². The molecule has 12 heteroatoms. The number of carbonyl (C=O) groups is 3. The maximum Gasteiger partial charge on any atom is 0.341 e. The molecule has 4 amide bonds. The number of benzene rings is 1. The van der Waals surface area contributed by atoms with E-state index in [1.165, 1.54) is 18.2 Å². The molecule has 25 heavy (non-hydrogen) atoms. The summed E-state index contributed by atoms with van der Waals surface area (Å²) in [5.41, 5.74) is -0.0432. The van der Waals surface area contributed by atoms with E-state index < -0.39 is 34.1 Å². The highest BCUT2D eigenvalue weighted by atomic mass is 35.5. The van der Waals surface area contributed by atoms with Crippen molar-refractivity contribution in [2.75, 3.05) is 19.3 Å². The minimum absolute atomic E-state index is 0.0192. The van der Waals surface area contributed by atoms with Crippen LogP contribution in [-0.2, 0) is 14.8 Å². The molecular weight excluding hydrogens is 397 g/mol. The number of hydrogen-bond donors (Lipinski definition) is 2. The zero-order valence-electron chi connectivity index (χ0n) is 12.8. The predicted molar refractivity (Wildman–Crippen MR) is 89.0 cm³/mol. The largest absolute Gasteiger partial charge is 0.479 e. The van der Waals surface area contributed by atoms with Crippen molar-refractivity contribution < 1.29 is 27.9 Å². The predicted octanol–water partition coefficient (Wildman–Crippen LogP) is 1.53. The van der Waals surface area contributed by atoms with E-state index in [-0.39, 0.29) is 28.7 Å². The molecule has 2 N–H and O–H groups in total. The number of sulfonamides is 1. The minimum Gasteiger partial charge on any atom is -0.479 e. The van der Waals surface area contributed by atoms with E-state index in [4.69, 9.17) is 23.2 Å². The maximum atomic E-state index is 12.3. The Morgan fingerprint density at radius 1 is 1.24 bits per heavy atom. The van der Waals surface area contributed by atoms with Gasteiger partial charge in [0.1, 0.15) is 0 Å². The number of nitrogens with one attached hydrogen (secondary N) is 1. The highest BCUT2D eigenvalue weighted by molar-refractivity contribution is 7.88. The summed E-state index contributed by atoms with van der Waals surface area (Å²) in [5.74, 6) is -1.45. The van der Waals surface area contributed by atoms with Crippen LogP contribution < -0.4 is 5.32 Å². The molecule has 0 bridgehead atoms. The van der Waals surface area contributed by atoms with Crippen molar-refractivity contribution in [1.82, 2.24) is 14.5 Å². The first-order chi connectivity index (χ1) is 11.5. The fourth-order valence-electron chi connectivity index (χ4n) is 2.26. The molecule has 1 aliphatic heterocycles. The third-order valence-corrected chi connectivity index (χ3v) is 5.22. The van der Waals surface area contributed by atoms with Gasteiger partial charge in [-0.3, -0.25) is 0 Å². The Morgan fingerprint density at radius 3 is 2.24 bits per heavy atom. The number of rotatable bonds is 4. The van der Waals surface area contributed by atoms with Crippen LogP contribution in [0.3, 0.4) is 0 Å². The average molecular weight is 410 g/mol. The molecule has 1 aliphatic rings. The topological polar surface area (TPSA) is 124 Å². The molecule has 0 saturated carbocycles. The molecule has 1 fully saturated rings. The first-order valence-corrected chi connectivity index (χ1v) is 9.41. The van der Waals surface area contributed by atoms with Crippen molar-refractivity contribution in [3.63, 3.8) is 0 Å². The smallest absolute Gasteiger partial charge is 0.341 e. The van der Waals surface area contributed by atoms with E-state index in [1.54, 1.807) is 0 Å². The van der Waals surface area contributed by atoms with Gasteiger partial charge in [0.05, 0.1) is 19.3 Å². The Labute approximate surface area is 153 Å². The number of carboxylic acid groups (broad SMARTS) is 1. The molecule has 0 aromatic heterocycles. The van der Waals surface area contributed by atoms with Crippen LogP contribution >= 0.6 is 23.2 Å². The van der Waals surface area contributed by atoms with Crippen LogP contribution in [0.2, 0.25) is 10.0 Å². The van der Waals surface area contributed by atoms with E-state index in [0.29, 0.717) is 9.21 Å². The number of urea groups is 2. The zero-order valence-corrected chi connectivity index (χ0v) is 15.1. The molecule has 1 unspecified atom stereocenters.